The molecule has 0 spiro atoms. The number of nitrogens with two attached hydrogens (primary N) is 1. The molecule has 5 heteroatoms. The van der Waals surface area contributed by atoms with E-state index in [4.69, 9.17) is 5.73 Å². The van der Waals surface area contributed by atoms with Gasteiger partial charge in [-0.15, -0.1) is 11.3 Å². The van der Waals surface area contributed by atoms with Gasteiger partial charge in [-0.1, -0.05) is 19.3 Å². The Morgan fingerprint density at radius 2 is 2.28 bits per heavy atom. The predicted molar refractivity (Wildman–Crippen MR) is 73.2 cm³/mol. The van der Waals surface area contributed by atoms with E-state index in [1.165, 1.54) is 12.8 Å². The Bertz CT molecular complexity index is 405. The predicted octanol–water partition coefficient (Wildman–Crippen LogP) is 1.98. The van der Waals surface area contributed by atoms with Crippen LogP contribution in [0.15, 0.2) is 5.38 Å². The third-order valence-electron chi connectivity index (χ3n) is 3.56. The quantitative estimate of drug-likeness (QED) is 0.820. The summed E-state index contributed by atoms with van der Waals surface area (Å²) in [6.07, 6.45) is 5.46. The zero-order valence-corrected chi connectivity index (χ0v) is 11.6. The van der Waals surface area contributed by atoms with Crippen LogP contribution in [-0.2, 0) is 11.3 Å². The summed E-state index contributed by atoms with van der Waals surface area (Å²) in [5.41, 5.74) is 6.57. The maximum absolute atomic E-state index is 11.5. The van der Waals surface area contributed by atoms with Crippen LogP contribution in [0.5, 0.6) is 0 Å². The molecular weight excluding hydrogens is 246 g/mol. The van der Waals surface area contributed by atoms with E-state index < -0.39 is 0 Å². The van der Waals surface area contributed by atoms with Crippen LogP contribution in [0.1, 0.15) is 42.8 Å². The number of hydrogen-bond acceptors (Lipinski definition) is 4. The molecule has 100 valence electrons. The largest absolute Gasteiger partial charge is 0.369 e. The molecule has 0 bridgehead atoms. The standard InChI is InChI=1S/C13H21N3OS/c1-9-8-18-12(16-9)7-15-11-6-4-2-3-5-10(11)13(14)17/h8,10-11,15H,2-7H2,1H3,(H2,14,17)/t10-,11+/m1/s1. The summed E-state index contributed by atoms with van der Waals surface area (Å²) < 4.78 is 0. The number of primary amides is 1. The number of aryl methyl sites for hydroxylation is 1. The average Bonchev–Trinajstić information content (AvgIpc) is 2.62. The van der Waals surface area contributed by atoms with Crippen molar-refractivity contribution in [2.24, 2.45) is 11.7 Å². The molecular formula is C13H21N3OS. The zero-order valence-electron chi connectivity index (χ0n) is 10.8. The summed E-state index contributed by atoms with van der Waals surface area (Å²) in [4.78, 5) is 15.9. The SMILES string of the molecule is Cc1csc(CN[C@H]2CCCCC[C@H]2C(N)=O)n1. The molecule has 1 heterocycles. The average molecular weight is 267 g/mol. The fourth-order valence-electron chi connectivity index (χ4n) is 2.59. The molecule has 0 radical (unpaired) electrons. The van der Waals surface area contributed by atoms with E-state index in [2.05, 4.69) is 15.7 Å². The maximum Gasteiger partial charge on any atom is 0.222 e. The van der Waals surface area contributed by atoms with Crippen LogP contribution in [0.3, 0.4) is 0 Å². The van der Waals surface area contributed by atoms with Crippen molar-refractivity contribution < 1.29 is 4.79 Å². The van der Waals surface area contributed by atoms with Crippen LogP contribution in [0.4, 0.5) is 0 Å². The number of thiazole rings is 1. The summed E-state index contributed by atoms with van der Waals surface area (Å²) >= 11 is 1.66. The molecule has 18 heavy (non-hydrogen) atoms. The Hall–Kier alpha value is -0.940. The molecule has 0 aliphatic heterocycles. The Morgan fingerprint density at radius 3 is 2.94 bits per heavy atom. The lowest BCUT2D eigenvalue weighted by Crippen LogP contribution is -2.41. The fourth-order valence-corrected chi connectivity index (χ4v) is 3.32. The zero-order chi connectivity index (χ0) is 13.0. The first-order chi connectivity index (χ1) is 8.66. The minimum Gasteiger partial charge on any atom is -0.369 e. The smallest absolute Gasteiger partial charge is 0.222 e. The van der Waals surface area contributed by atoms with Gasteiger partial charge in [-0.05, 0) is 19.8 Å². The van der Waals surface area contributed by atoms with Crippen LogP contribution in [0.2, 0.25) is 0 Å². The number of carbonyl (C=O) groups excluding carboxylic acids is 1. The number of amides is 1. The van der Waals surface area contributed by atoms with Crippen molar-refractivity contribution in [2.75, 3.05) is 0 Å². The highest BCUT2D eigenvalue weighted by Crippen LogP contribution is 2.23. The maximum atomic E-state index is 11.5. The number of nitrogens with one attached hydrogen (secondary N) is 1. The highest BCUT2D eigenvalue weighted by molar-refractivity contribution is 7.09. The Labute approximate surface area is 112 Å². The molecule has 1 aliphatic carbocycles. The van der Waals surface area contributed by atoms with Crippen molar-refractivity contribution in [3.63, 3.8) is 0 Å². The van der Waals surface area contributed by atoms with Gasteiger partial charge in [0.1, 0.15) is 5.01 Å². The minimum atomic E-state index is -0.162. The molecule has 1 fully saturated rings. The van der Waals surface area contributed by atoms with E-state index in [0.717, 1.165) is 36.5 Å². The van der Waals surface area contributed by atoms with E-state index in [9.17, 15) is 4.79 Å². The lowest BCUT2D eigenvalue weighted by Gasteiger charge is -2.23. The van der Waals surface area contributed by atoms with Crippen molar-refractivity contribution in [3.8, 4) is 0 Å². The molecule has 3 N–H and O–H groups in total. The summed E-state index contributed by atoms with van der Waals surface area (Å²) in [5, 5.41) is 6.60. The molecule has 0 saturated heterocycles. The van der Waals surface area contributed by atoms with E-state index >= 15 is 0 Å². The highest BCUT2D eigenvalue weighted by Gasteiger charge is 2.27. The lowest BCUT2D eigenvalue weighted by molar-refractivity contribution is -0.122. The summed E-state index contributed by atoms with van der Waals surface area (Å²) in [5.74, 6) is -0.182. The second kappa shape index (κ2) is 6.29. The Balaban J connectivity index is 1.94. The summed E-state index contributed by atoms with van der Waals surface area (Å²) in [6, 6.07) is 0.217. The van der Waals surface area contributed by atoms with Crippen molar-refractivity contribution in [1.82, 2.24) is 10.3 Å². The van der Waals surface area contributed by atoms with E-state index in [1.54, 1.807) is 11.3 Å². The molecule has 0 unspecified atom stereocenters. The molecule has 2 rings (SSSR count). The van der Waals surface area contributed by atoms with Crippen LogP contribution in [0.25, 0.3) is 0 Å². The topological polar surface area (TPSA) is 68.0 Å². The second-order valence-electron chi connectivity index (χ2n) is 5.02. The van der Waals surface area contributed by atoms with Gasteiger partial charge < -0.3 is 11.1 Å². The van der Waals surface area contributed by atoms with Crippen molar-refractivity contribution in [1.29, 1.82) is 0 Å². The van der Waals surface area contributed by atoms with Gasteiger partial charge in [-0.3, -0.25) is 4.79 Å². The monoisotopic (exact) mass is 267 g/mol. The second-order valence-corrected chi connectivity index (χ2v) is 5.96. The normalized spacial score (nSPS) is 24.7. The third kappa shape index (κ3) is 3.53. The summed E-state index contributed by atoms with van der Waals surface area (Å²) in [6.45, 7) is 2.74. The number of nitrogens with zero attached hydrogens (tertiary/aromatic N) is 1. The van der Waals surface area contributed by atoms with Gasteiger partial charge in [-0.25, -0.2) is 4.98 Å². The molecule has 4 nitrogen and oxygen atoms in total. The molecule has 2 atom stereocenters. The minimum absolute atomic E-state index is 0.0199. The van der Waals surface area contributed by atoms with E-state index in [1.807, 2.05) is 6.92 Å². The number of aromatic nitrogens is 1. The fraction of sp³-hybridized carbons (Fsp3) is 0.692. The highest BCUT2D eigenvalue weighted by atomic mass is 32.1. The molecule has 1 aromatic heterocycles. The number of hydrogen-bond donors (Lipinski definition) is 2. The van der Waals surface area contributed by atoms with Crippen LogP contribution in [-0.4, -0.2) is 16.9 Å². The van der Waals surface area contributed by atoms with Gasteiger partial charge in [0.25, 0.3) is 0 Å². The van der Waals surface area contributed by atoms with Gasteiger partial charge in [0.2, 0.25) is 5.91 Å². The van der Waals surface area contributed by atoms with Gasteiger partial charge in [0.05, 0.1) is 5.92 Å². The molecule has 1 saturated carbocycles. The van der Waals surface area contributed by atoms with Crippen LogP contribution in [0, 0.1) is 12.8 Å². The first-order valence-corrected chi connectivity index (χ1v) is 7.48. The van der Waals surface area contributed by atoms with Crippen LogP contribution < -0.4 is 11.1 Å². The summed E-state index contributed by atoms with van der Waals surface area (Å²) in [7, 11) is 0. The lowest BCUT2D eigenvalue weighted by atomic mass is 9.94. The molecule has 0 aromatic carbocycles. The van der Waals surface area contributed by atoms with Crippen molar-refractivity contribution in [2.45, 2.75) is 51.6 Å². The molecule has 1 aliphatic rings. The number of carbonyl (C=O) groups is 1. The molecule has 1 amide bonds. The number of rotatable bonds is 4. The van der Waals surface area contributed by atoms with Gasteiger partial charge in [0.15, 0.2) is 0 Å². The third-order valence-corrected chi connectivity index (χ3v) is 4.53. The van der Waals surface area contributed by atoms with Gasteiger partial charge in [-0.2, -0.15) is 0 Å². The van der Waals surface area contributed by atoms with Gasteiger partial charge >= 0.3 is 0 Å². The van der Waals surface area contributed by atoms with E-state index in [0.29, 0.717) is 0 Å². The van der Waals surface area contributed by atoms with Crippen molar-refractivity contribution in [3.05, 3.63) is 16.1 Å². The Kier molecular flexibility index (Phi) is 4.72. The first-order valence-electron chi connectivity index (χ1n) is 6.60. The molecule has 1 aromatic rings. The Morgan fingerprint density at radius 1 is 1.50 bits per heavy atom. The van der Waals surface area contributed by atoms with E-state index in [-0.39, 0.29) is 17.9 Å². The van der Waals surface area contributed by atoms with Crippen molar-refractivity contribution >= 4 is 17.2 Å². The van der Waals surface area contributed by atoms with Gasteiger partial charge in [0, 0.05) is 23.7 Å². The first kappa shape index (κ1) is 13.5. The van der Waals surface area contributed by atoms with Crippen LogP contribution >= 0.6 is 11.3 Å².